The Morgan fingerprint density at radius 3 is 1.97 bits per heavy atom. The number of ether oxygens (including phenoxy) is 3. The van der Waals surface area contributed by atoms with Crippen molar-refractivity contribution in [2.45, 2.75) is 128 Å². The van der Waals surface area contributed by atoms with Gasteiger partial charge in [0.2, 0.25) is 0 Å². The number of rotatable bonds is 18. The van der Waals surface area contributed by atoms with Gasteiger partial charge >= 0.3 is 11.9 Å². The third-order valence-corrected chi connectivity index (χ3v) is 5.69. The minimum Gasteiger partial charge on any atom is -0.463 e. The summed E-state index contributed by atoms with van der Waals surface area (Å²) in [5, 5.41) is 20.4. The second-order valence-corrected chi connectivity index (χ2v) is 8.61. The summed E-state index contributed by atoms with van der Waals surface area (Å²) in [6.07, 6.45) is 9.46. The monoisotopic (exact) mass is 444 g/mol. The number of hydrogen-bond acceptors (Lipinski definition) is 7. The van der Waals surface area contributed by atoms with E-state index in [0.29, 0.717) is 6.42 Å². The van der Waals surface area contributed by atoms with Gasteiger partial charge in [0, 0.05) is 12.8 Å². The smallest absolute Gasteiger partial charge is 0.306 e. The molecule has 7 heteroatoms. The number of esters is 2. The standard InChI is InChI=1S/C24H44O7/c1-3-5-7-9-11-13-15-21(27)29-17-19(25)23-24(20(26)18-30-23)31-22(28)16-14-12-10-8-6-4-2/h19-20,23-26H,3-18H2,1-2H3. The number of hydrogen-bond donors (Lipinski definition) is 2. The molecule has 0 amide bonds. The van der Waals surface area contributed by atoms with Gasteiger partial charge in [0.05, 0.1) is 6.61 Å². The molecule has 1 saturated heterocycles. The van der Waals surface area contributed by atoms with Crippen LogP contribution in [0, 0.1) is 0 Å². The summed E-state index contributed by atoms with van der Waals surface area (Å²) in [4.78, 5) is 24.0. The summed E-state index contributed by atoms with van der Waals surface area (Å²) in [5.41, 5.74) is 0. The van der Waals surface area contributed by atoms with Crippen molar-refractivity contribution in [1.82, 2.24) is 0 Å². The number of carbonyl (C=O) groups is 2. The van der Waals surface area contributed by atoms with Crippen LogP contribution in [0.3, 0.4) is 0 Å². The van der Waals surface area contributed by atoms with Crippen molar-refractivity contribution in [2.24, 2.45) is 0 Å². The van der Waals surface area contributed by atoms with E-state index in [9.17, 15) is 19.8 Å². The fourth-order valence-electron chi connectivity index (χ4n) is 3.75. The fourth-order valence-corrected chi connectivity index (χ4v) is 3.75. The van der Waals surface area contributed by atoms with Crippen LogP contribution in [0.15, 0.2) is 0 Å². The van der Waals surface area contributed by atoms with Crippen LogP contribution in [-0.2, 0) is 23.8 Å². The summed E-state index contributed by atoms with van der Waals surface area (Å²) in [5.74, 6) is -0.757. The first kappa shape index (κ1) is 27.9. The molecule has 1 aliphatic heterocycles. The molecule has 0 bridgehead atoms. The molecule has 0 radical (unpaired) electrons. The second kappa shape index (κ2) is 17.4. The van der Waals surface area contributed by atoms with Crippen LogP contribution in [0.5, 0.6) is 0 Å². The fraction of sp³-hybridized carbons (Fsp3) is 0.917. The van der Waals surface area contributed by atoms with Crippen LogP contribution < -0.4 is 0 Å². The maximum atomic E-state index is 12.1. The molecule has 0 saturated carbocycles. The Hall–Kier alpha value is -1.18. The van der Waals surface area contributed by atoms with Gasteiger partial charge in [-0.25, -0.2) is 0 Å². The molecule has 0 spiro atoms. The van der Waals surface area contributed by atoms with Crippen molar-refractivity contribution in [2.75, 3.05) is 13.2 Å². The highest BCUT2D eigenvalue weighted by Crippen LogP contribution is 2.22. The predicted molar refractivity (Wildman–Crippen MR) is 119 cm³/mol. The van der Waals surface area contributed by atoms with Gasteiger partial charge in [0.15, 0.2) is 6.10 Å². The molecule has 0 aromatic carbocycles. The van der Waals surface area contributed by atoms with Crippen molar-refractivity contribution in [3.63, 3.8) is 0 Å². The van der Waals surface area contributed by atoms with Crippen LogP contribution in [0.4, 0.5) is 0 Å². The van der Waals surface area contributed by atoms with E-state index in [-0.39, 0.29) is 25.6 Å². The van der Waals surface area contributed by atoms with E-state index in [1.54, 1.807) is 0 Å². The molecule has 4 atom stereocenters. The van der Waals surface area contributed by atoms with Crippen LogP contribution in [0.25, 0.3) is 0 Å². The molecule has 7 nitrogen and oxygen atoms in total. The number of carbonyl (C=O) groups excluding carboxylic acids is 2. The number of aliphatic hydroxyl groups excluding tert-OH is 2. The summed E-state index contributed by atoms with van der Waals surface area (Å²) < 4.78 is 16.0. The molecular weight excluding hydrogens is 400 g/mol. The Morgan fingerprint density at radius 1 is 0.871 bits per heavy atom. The van der Waals surface area contributed by atoms with Crippen molar-refractivity contribution < 1.29 is 34.0 Å². The van der Waals surface area contributed by atoms with E-state index >= 15 is 0 Å². The quantitative estimate of drug-likeness (QED) is 0.243. The Morgan fingerprint density at radius 2 is 1.39 bits per heavy atom. The second-order valence-electron chi connectivity index (χ2n) is 8.61. The predicted octanol–water partition coefficient (Wildman–Crippen LogP) is 4.06. The summed E-state index contributed by atoms with van der Waals surface area (Å²) in [6, 6.07) is 0. The van der Waals surface area contributed by atoms with Crippen LogP contribution in [0.2, 0.25) is 0 Å². The zero-order valence-electron chi connectivity index (χ0n) is 19.6. The summed E-state index contributed by atoms with van der Waals surface area (Å²) in [7, 11) is 0. The maximum Gasteiger partial charge on any atom is 0.306 e. The summed E-state index contributed by atoms with van der Waals surface area (Å²) in [6.45, 7) is 4.06. The van der Waals surface area contributed by atoms with Gasteiger partial charge in [-0.3, -0.25) is 9.59 Å². The number of aliphatic hydroxyl groups is 2. The average Bonchev–Trinajstić information content (AvgIpc) is 3.11. The van der Waals surface area contributed by atoms with Gasteiger partial charge in [-0.15, -0.1) is 0 Å². The zero-order valence-corrected chi connectivity index (χ0v) is 19.6. The van der Waals surface area contributed by atoms with Crippen molar-refractivity contribution >= 4 is 11.9 Å². The number of unbranched alkanes of at least 4 members (excludes halogenated alkanes) is 10. The van der Waals surface area contributed by atoms with Gasteiger partial charge in [0.25, 0.3) is 0 Å². The van der Waals surface area contributed by atoms with E-state index in [1.807, 2.05) is 0 Å². The van der Waals surface area contributed by atoms with E-state index in [0.717, 1.165) is 38.5 Å². The Bertz CT molecular complexity index is 483. The van der Waals surface area contributed by atoms with Crippen LogP contribution >= 0.6 is 0 Å². The van der Waals surface area contributed by atoms with Crippen molar-refractivity contribution in [1.29, 1.82) is 0 Å². The Kier molecular flexibility index (Phi) is 15.6. The van der Waals surface area contributed by atoms with Crippen LogP contribution in [0.1, 0.15) is 104 Å². The van der Waals surface area contributed by atoms with Gasteiger partial charge in [-0.05, 0) is 12.8 Å². The van der Waals surface area contributed by atoms with E-state index in [1.165, 1.54) is 38.5 Å². The third-order valence-electron chi connectivity index (χ3n) is 5.69. The zero-order chi connectivity index (χ0) is 22.9. The van der Waals surface area contributed by atoms with Crippen LogP contribution in [-0.4, -0.2) is 59.8 Å². The lowest BCUT2D eigenvalue weighted by molar-refractivity contribution is -0.164. The molecule has 1 aliphatic rings. The van der Waals surface area contributed by atoms with E-state index < -0.39 is 30.4 Å². The molecule has 2 N–H and O–H groups in total. The highest BCUT2D eigenvalue weighted by molar-refractivity contribution is 5.70. The minimum absolute atomic E-state index is 0.0254. The highest BCUT2D eigenvalue weighted by Gasteiger charge is 2.43. The molecule has 182 valence electrons. The van der Waals surface area contributed by atoms with Gasteiger partial charge in [-0.2, -0.15) is 0 Å². The average molecular weight is 445 g/mol. The highest BCUT2D eigenvalue weighted by atomic mass is 16.6. The van der Waals surface area contributed by atoms with E-state index in [4.69, 9.17) is 14.2 Å². The molecule has 4 unspecified atom stereocenters. The Labute approximate surface area is 187 Å². The molecule has 0 aromatic heterocycles. The molecular formula is C24H44O7. The first-order chi connectivity index (χ1) is 15.0. The topological polar surface area (TPSA) is 102 Å². The SMILES string of the molecule is CCCCCCCCC(=O)OCC(O)C1OCC(O)C1OC(=O)CCCCCCCC. The lowest BCUT2D eigenvalue weighted by Gasteiger charge is -2.24. The lowest BCUT2D eigenvalue weighted by Crippen LogP contribution is -2.44. The first-order valence-electron chi connectivity index (χ1n) is 12.3. The maximum absolute atomic E-state index is 12.1. The largest absolute Gasteiger partial charge is 0.463 e. The minimum atomic E-state index is -1.16. The van der Waals surface area contributed by atoms with Gasteiger partial charge in [-0.1, -0.05) is 78.1 Å². The summed E-state index contributed by atoms with van der Waals surface area (Å²) >= 11 is 0. The normalized spacial score (nSPS) is 21.7. The third kappa shape index (κ3) is 12.4. The Balaban J connectivity index is 2.26. The first-order valence-corrected chi connectivity index (χ1v) is 12.3. The van der Waals surface area contributed by atoms with E-state index in [2.05, 4.69) is 13.8 Å². The molecule has 1 rings (SSSR count). The lowest BCUT2D eigenvalue weighted by atomic mass is 10.1. The molecule has 1 heterocycles. The molecule has 0 aromatic rings. The van der Waals surface area contributed by atoms with Gasteiger partial charge in [0.1, 0.15) is 24.9 Å². The molecule has 0 aliphatic carbocycles. The van der Waals surface area contributed by atoms with Gasteiger partial charge < -0.3 is 24.4 Å². The molecule has 31 heavy (non-hydrogen) atoms. The molecule has 1 fully saturated rings. The van der Waals surface area contributed by atoms with Crippen molar-refractivity contribution in [3.8, 4) is 0 Å². The van der Waals surface area contributed by atoms with Crippen molar-refractivity contribution in [3.05, 3.63) is 0 Å².